The summed E-state index contributed by atoms with van der Waals surface area (Å²) in [4.78, 5) is 14.3. The minimum atomic E-state index is 0.0768. The number of halogens is 1. The molecule has 0 aromatic heterocycles. The molecular weight excluding hydrogens is 284 g/mol. The maximum absolute atomic E-state index is 12.4. The minimum Gasteiger partial charge on any atom is -0.336 e. The zero-order valence-electron chi connectivity index (χ0n) is 12.5. The third kappa shape index (κ3) is 4.58. The molecule has 1 fully saturated rings. The molecule has 0 bridgehead atoms. The van der Waals surface area contributed by atoms with Gasteiger partial charge in [0.05, 0.1) is 0 Å². The Labute approximate surface area is 131 Å². The smallest absolute Gasteiger partial charge is 0.246 e. The fourth-order valence-corrected chi connectivity index (χ4v) is 2.97. The summed E-state index contributed by atoms with van der Waals surface area (Å²) in [5.41, 5.74) is 6.91. The summed E-state index contributed by atoms with van der Waals surface area (Å²) < 4.78 is 0. The number of nitrogens with two attached hydrogens (primary N) is 1. The lowest BCUT2D eigenvalue weighted by atomic mass is 9.90. The van der Waals surface area contributed by atoms with Crippen LogP contribution in [0.2, 0.25) is 5.02 Å². The molecule has 114 valence electrons. The molecule has 0 unspecified atom stereocenters. The van der Waals surface area contributed by atoms with Gasteiger partial charge >= 0.3 is 0 Å². The van der Waals surface area contributed by atoms with Crippen LogP contribution < -0.4 is 5.73 Å². The van der Waals surface area contributed by atoms with Crippen molar-refractivity contribution in [3.05, 3.63) is 40.9 Å². The van der Waals surface area contributed by atoms with Crippen LogP contribution in [-0.2, 0) is 4.79 Å². The van der Waals surface area contributed by atoms with Gasteiger partial charge in [0.15, 0.2) is 0 Å². The number of rotatable bonds is 4. The van der Waals surface area contributed by atoms with Crippen LogP contribution in [0.5, 0.6) is 0 Å². The molecule has 4 heteroatoms. The van der Waals surface area contributed by atoms with Gasteiger partial charge < -0.3 is 10.6 Å². The standard InChI is InChI=1S/C17H23ClN2O/c1-2-20(16-10-8-15(19)9-11-16)17(21)12-5-13-3-6-14(18)7-4-13/h3-7,12,15-16H,2,8-11,19H2,1H3. The summed E-state index contributed by atoms with van der Waals surface area (Å²) in [7, 11) is 0. The zero-order valence-corrected chi connectivity index (χ0v) is 13.2. The van der Waals surface area contributed by atoms with E-state index in [-0.39, 0.29) is 5.91 Å². The van der Waals surface area contributed by atoms with Crippen molar-refractivity contribution in [1.29, 1.82) is 0 Å². The van der Waals surface area contributed by atoms with E-state index in [4.69, 9.17) is 17.3 Å². The first kappa shape index (κ1) is 16.1. The van der Waals surface area contributed by atoms with Crippen LogP contribution in [0.3, 0.4) is 0 Å². The van der Waals surface area contributed by atoms with Gasteiger partial charge in [-0.05, 0) is 56.4 Å². The van der Waals surface area contributed by atoms with E-state index in [2.05, 4.69) is 0 Å². The van der Waals surface area contributed by atoms with Crippen molar-refractivity contribution < 1.29 is 4.79 Å². The predicted octanol–water partition coefficient (Wildman–Crippen LogP) is 3.47. The molecule has 0 aliphatic heterocycles. The first-order valence-electron chi connectivity index (χ1n) is 7.60. The third-order valence-corrected chi connectivity index (χ3v) is 4.35. The molecule has 0 heterocycles. The average molecular weight is 307 g/mol. The van der Waals surface area contributed by atoms with Crippen LogP contribution in [0.15, 0.2) is 30.3 Å². The number of likely N-dealkylation sites (N-methyl/N-ethyl adjacent to an activating group) is 1. The molecule has 1 aliphatic rings. The first-order chi connectivity index (χ1) is 10.1. The average Bonchev–Trinajstić information content (AvgIpc) is 2.49. The summed E-state index contributed by atoms with van der Waals surface area (Å²) in [6, 6.07) is 8.10. The molecule has 1 aliphatic carbocycles. The molecule has 2 N–H and O–H groups in total. The summed E-state index contributed by atoms with van der Waals surface area (Å²) in [6.07, 6.45) is 7.53. The lowest BCUT2D eigenvalue weighted by Crippen LogP contribution is -2.43. The van der Waals surface area contributed by atoms with Crippen LogP contribution in [0.1, 0.15) is 38.2 Å². The van der Waals surface area contributed by atoms with E-state index < -0.39 is 0 Å². The molecule has 0 atom stereocenters. The van der Waals surface area contributed by atoms with E-state index in [1.165, 1.54) is 0 Å². The molecule has 3 nitrogen and oxygen atoms in total. The van der Waals surface area contributed by atoms with Crippen LogP contribution in [0.4, 0.5) is 0 Å². The molecule has 1 amide bonds. The molecular formula is C17H23ClN2O. The predicted molar refractivity (Wildman–Crippen MR) is 88.1 cm³/mol. The SMILES string of the molecule is CCN(C(=O)C=Cc1ccc(Cl)cc1)C1CCC(N)CC1. The lowest BCUT2D eigenvalue weighted by molar-refractivity contribution is -0.128. The Hall–Kier alpha value is -1.32. The summed E-state index contributed by atoms with van der Waals surface area (Å²) in [5, 5.41) is 0.701. The number of benzene rings is 1. The van der Waals surface area contributed by atoms with Crippen molar-refractivity contribution in [3.63, 3.8) is 0 Å². The molecule has 1 aromatic rings. The third-order valence-electron chi connectivity index (χ3n) is 4.09. The Morgan fingerprint density at radius 3 is 2.48 bits per heavy atom. The fraction of sp³-hybridized carbons (Fsp3) is 0.471. The van der Waals surface area contributed by atoms with Crippen molar-refractivity contribution in [2.45, 2.75) is 44.7 Å². The van der Waals surface area contributed by atoms with Crippen molar-refractivity contribution in [2.75, 3.05) is 6.54 Å². The maximum atomic E-state index is 12.4. The van der Waals surface area contributed by atoms with Gasteiger partial charge in [-0.25, -0.2) is 0 Å². The number of hydrogen-bond acceptors (Lipinski definition) is 2. The van der Waals surface area contributed by atoms with Crippen molar-refractivity contribution in [2.24, 2.45) is 5.73 Å². The lowest BCUT2D eigenvalue weighted by Gasteiger charge is -2.34. The van der Waals surface area contributed by atoms with Gasteiger partial charge in [-0.1, -0.05) is 23.7 Å². The summed E-state index contributed by atoms with van der Waals surface area (Å²) in [5.74, 6) is 0.0768. The van der Waals surface area contributed by atoms with Crippen LogP contribution in [-0.4, -0.2) is 29.4 Å². The van der Waals surface area contributed by atoms with Gasteiger partial charge in [-0.3, -0.25) is 4.79 Å². The van der Waals surface area contributed by atoms with Gasteiger partial charge in [0, 0.05) is 29.7 Å². The molecule has 0 spiro atoms. The van der Waals surface area contributed by atoms with Crippen LogP contribution in [0, 0.1) is 0 Å². The Balaban J connectivity index is 1.98. The van der Waals surface area contributed by atoms with E-state index in [9.17, 15) is 4.79 Å². The second kappa shape index (κ2) is 7.62. The highest BCUT2D eigenvalue weighted by Gasteiger charge is 2.25. The second-order valence-electron chi connectivity index (χ2n) is 5.58. The van der Waals surface area contributed by atoms with Gasteiger partial charge in [0.25, 0.3) is 0 Å². The van der Waals surface area contributed by atoms with Gasteiger partial charge in [0.2, 0.25) is 5.91 Å². The monoisotopic (exact) mass is 306 g/mol. The topological polar surface area (TPSA) is 46.3 Å². The largest absolute Gasteiger partial charge is 0.336 e. The fourth-order valence-electron chi connectivity index (χ4n) is 2.84. The van der Waals surface area contributed by atoms with Crippen LogP contribution in [0.25, 0.3) is 6.08 Å². The highest BCUT2D eigenvalue weighted by molar-refractivity contribution is 6.30. The first-order valence-corrected chi connectivity index (χ1v) is 7.97. The summed E-state index contributed by atoms with van der Waals surface area (Å²) in [6.45, 7) is 2.77. The second-order valence-corrected chi connectivity index (χ2v) is 6.01. The van der Waals surface area contributed by atoms with Gasteiger partial charge in [-0.15, -0.1) is 0 Å². The van der Waals surface area contributed by atoms with E-state index in [0.29, 0.717) is 17.1 Å². The Morgan fingerprint density at radius 2 is 1.90 bits per heavy atom. The Bertz CT molecular complexity index is 490. The zero-order chi connectivity index (χ0) is 15.2. The van der Waals surface area contributed by atoms with E-state index in [1.807, 2.05) is 42.2 Å². The normalized spacial score (nSPS) is 22.4. The molecule has 0 radical (unpaired) electrons. The molecule has 2 rings (SSSR count). The van der Waals surface area contributed by atoms with Crippen molar-refractivity contribution in [3.8, 4) is 0 Å². The highest BCUT2D eigenvalue weighted by Crippen LogP contribution is 2.22. The van der Waals surface area contributed by atoms with Crippen LogP contribution >= 0.6 is 11.6 Å². The quantitative estimate of drug-likeness (QED) is 0.866. The summed E-state index contributed by atoms with van der Waals surface area (Å²) >= 11 is 5.85. The van der Waals surface area contributed by atoms with E-state index in [1.54, 1.807) is 6.08 Å². The minimum absolute atomic E-state index is 0.0768. The number of amides is 1. The Morgan fingerprint density at radius 1 is 1.29 bits per heavy atom. The van der Waals surface area contributed by atoms with Gasteiger partial charge in [0.1, 0.15) is 0 Å². The molecule has 0 saturated heterocycles. The van der Waals surface area contributed by atoms with E-state index in [0.717, 1.165) is 37.8 Å². The number of nitrogens with zero attached hydrogens (tertiary/aromatic N) is 1. The van der Waals surface area contributed by atoms with Gasteiger partial charge in [-0.2, -0.15) is 0 Å². The molecule has 1 aromatic carbocycles. The maximum Gasteiger partial charge on any atom is 0.246 e. The molecule has 1 saturated carbocycles. The van der Waals surface area contributed by atoms with Crippen molar-refractivity contribution in [1.82, 2.24) is 4.90 Å². The number of hydrogen-bond donors (Lipinski definition) is 1. The highest BCUT2D eigenvalue weighted by atomic mass is 35.5. The van der Waals surface area contributed by atoms with Crippen molar-refractivity contribution >= 4 is 23.6 Å². The molecule has 21 heavy (non-hydrogen) atoms. The Kier molecular flexibility index (Phi) is 5.83. The van der Waals surface area contributed by atoms with E-state index >= 15 is 0 Å². The number of carbonyl (C=O) groups excluding carboxylic acids is 1. The number of carbonyl (C=O) groups is 1.